The van der Waals surface area contributed by atoms with E-state index in [9.17, 15) is 4.79 Å². The fraction of sp³-hybridized carbons (Fsp3) is 0.909. The second kappa shape index (κ2) is 6.18. The first-order valence-corrected chi connectivity index (χ1v) is 5.78. The number of rotatable bonds is 6. The number of nitrogens with one attached hydrogen (secondary N) is 1. The number of hydrogen-bond donors (Lipinski definition) is 3. The van der Waals surface area contributed by atoms with E-state index >= 15 is 0 Å². The molecule has 0 heterocycles. The van der Waals surface area contributed by atoms with Gasteiger partial charge in [0.2, 0.25) is 5.91 Å². The molecule has 4 N–H and O–H groups in total. The lowest BCUT2D eigenvalue weighted by Gasteiger charge is -2.24. The highest BCUT2D eigenvalue weighted by Gasteiger charge is 2.32. The van der Waals surface area contributed by atoms with Gasteiger partial charge in [-0.25, -0.2) is 0 Å². The summed E-state index contributed by atoms with van der Waals surface area (Å²) in [5.74, 6) is -0.0968. The molecule has 0 spiro atoms. The third-order valence-corrected chi connectivity index (χ3v) is 3.07. The number of hydrogen-bond acceptors (Lipinski definition) is 4. The molecule has 94 valence electrons. The van der Waals surface area contributed by atoms with Gasteiger partial charge in [0.15, 0.2) is 0 Å². The Morgan fingerprint density at radius 1 is 1.56 bits per heavy atom. The number of amides is 1. The SMILES string of the molecule is COCC(CO)NC(=O)CC1(N)CCCC1. The van der Waals surface area contributed by atoms with Crippen LogP contribution < -0.4 is 11.1 Å². The van der Waals surface area contributed by atoms with Crippen LogP contribution in [0.1, 0.15) is 32.1 Å². The molecule has 0 aromatic rings. The highest BCUT2D eigenvalue weighted by Crippen LogP contribution is 2.29. The van der Waals surface area contributed by atoms with E-state index in [4.69, 9.17) is 15.6 Å². The van der Waals surface area contributed by atoms with Crippen LogP contribution in [0.15, 0.2) is 0 Å². The van der Waals surface area contributed by atoms with Gasteiger partial charge in [-0.15, -0.1) is 0 Å². The molecule has 1 saturated carbocycles. The van der Waals surface area contributed by atoms with Crippen LogP contribution in [0.25, 0.3) is 0 Å². The first-order chi connectivity index (χ1) is 7.59. The molecule has 0 aromatic heterocycles. The largest absolute Gasteiger partial charge is 0.394 e. The third kappa shape index (κ3) is 4.08. The van der Waals surface area contributed by atoms with Gasteiger partial charge >= 0.3 is 0 Å². The molecule has 1 aliphatic carbocycles. The van der Waals surface area contributed by atoms with E-state index in [0.717, 1.165) is 25.7 Å². The zero-order chi connectivity index (χ0) is 12.0. The van der Waals surface area contributed by atoms with Gasteiger partial charge in [0.25, 0.3) is 0 Å². The fourth-order valence-electron chi connectivity index (χ4n) is 2.20. The van der Waals surface area contributed by atoms with Crippen molar-refractivity contribution < 1.29 is 14.6 Å². The molecule has 0 aliphatic heterocycles. The molecule has 1 amide bonds. The van der Waals surface area contributed by atoms with Gasteiger partial charge in [0.1, 0.15) is 0 Å². The Balaban J connectivity index is 2.34. The molecule has 1 atom stereocenters. The standard InChI is InChI=1S/C11H22N2O3/c1-16-8-9(7-14)13-10(15)6-11(12)4-2-3-5-11/h9,14H,2-8,12H2,1H3,(H,13,15). The Bertz CT molecular complexity index is 227. The first kappa shape index (κ1) is 13.4. The van der Waals surface area contributed by atoms with Crippen molar-refractivity contribution in [1.29, 1.82) is 0 Å². The molecule has 5 heteroatoms. The van der Waals surface area contributed by atoms with Gasteiger partial charge in [-0.2, -0.15) is 0 Å². The number of methoxy groups -OCH3 is 1. The Morgan fingerprint density at radius 2 is 2.19 bits per heavy atom. The van der Waals surface area contributed by atoms with Crippen molar-refractivity contribution in [3.8, 4) is 0 Å². The minimum atomic E-state index is -0.336. The Kier molecular flexibility index (Phi) is 5.18. The monoisotopic (exact) mass is 230 g/mol. The Morgan fingerprint density at radius 3 is 2.69 bits per heavy atom. The Labute approximate surface area is 96.3 Å². The van der Waals surface area contributed by atoms with E-state index in [1.807, 2.05) is 0 Å². The summed E-state index contributed by atoms with van der Waals surface area (Å²) in [5.41, 5.74) is 5.76. The lowest BCUT2D eigenvalue weighted by molar-refractivity contribution is -0.123. The maximum absolute atomic E-state index is 11.7. The average molecular weight is 230 g/mol. The summed E-state index contributed by atoms with van der Waals surface area (Å²) < 4.78 is 4.88. The molecule has 0 radical (unpaired) electrons. The van der Waals surface area contributed by atoms with Crippen LogP contribution in [-0.4, -0.2) is 42.9 Å². The number of carbonyl (C=O) groups is 1. The first-order valence-electron chi connectivity index (χ1n) is 5.78. The van der Waals surface area contributed by atoms with Gasteiger partial charge in [-0.05, 0) is 12.8 Å². The van der Waals surface area contributed by atoms with Gasteiger partial charge in [-0.3, -0.25) is 4.79 Å². The molecule has 0 saturated heterocycles. The zero-order valence-corrected chi connectivity index (χ0v) is 9.87. The molecule has 5 nitrogen and oxygen atoms in total. The lowest BCUT2D eigenvalue weighted by atomic mass is 9.94. The van der Waals surface area contributed by atoms with Gasteiger partial charge < -0.3 is 20.9 Å². The van der Waals surface area contributed by atoms with Crippen LogP contribution in [0.3, 0.4) is 0 Å². The van der Waals surface area contributed by atoms with E-state index < -0.39 is 0 Å². The van der Waals surface area contributed by atoms with Crippen molar-refractivity contribution >= 4 is 5.91 Å². The van der Waals surface area contributed by atoms with Crippen molar-refractivity contribution in [3.63, 3.8) is 0 Å². The summed E-state index contributed by atoms with van der Waals surface area (Å²) in [6.07, 6.45) is 4.37. The van der Waals surface area contributed by atoms with Crippen LogP contribution in [0.4, 0.5) is 0 Å². The van der Waals surface area contributed by atoms with Gasteiger partial charge in [-0.1, -0.05) is 12.8 Å². The molecular weight excluding hydrogens is 208 g/mol. The molecule has 0 bridgehead atoms. The van der Waals surface area contributed by atoms with Crippen molar-refractivity contribution in [1.82, 2.24) is 5.32 Å². The second-order valence-corrected chi connectivity index (χ2v) is 4.65. The topological polar surface area (TPSA) is 84.6 Å². The molecular formula is C11H22N2O3. The van der Waals surface area contributed by atoms with Gasteiger partial charge in [0, 0.05) is 19.1 Å². The van der Waals surface area contributed by atoms with Crippen LogP contribution in [0, 0.1) is 0 Å². The molecule has 0 aromatic carbocycles. The molecule has 16 heavy (non-hydrogen) atoms. The molecule has 1 unspecified atom stereocenters. The van der Waals surface area contributed by atoms with Crippen LogP contribution in [0.5, 0.6) is 0 Å². The van der Waals surface area contributed by atoms with E-state index in [0.29, 0.717) is 13.0 Å². The van der Waals surface area contributed by atoms with Crippen molar-refractivity contribution in [3.05, 3.63) is 0 Å². The smallest absolute Gasteiger partial charge is 0.222 e. The number of aliphatic hydroxyl groups excluding tert-OH is 1. The van der Waals surface area contributed by atoms with Crippen LogP contribution >= 0.6 is 0 Å². The van der Waals surface area contributed by atoms with E-state index in [-0.39, 0.29) is 24.1 Å². The second-order valence-electron chi connectivity index (χ2n) is 4.65. The fourth-order valence-corrected chi connectivity index (χ4v) is 2.20. The molecule has 1 aliphatic rings. The number of aliphatic hydroxyl groups is 1. The third-order valence-electron chi connectivity index (χ3n) is 3.07. The number of carbonyl (C=O) groups excluding carboxylic acids is 1. The predicted molar refractivity (Wildman–Crippen MR) is 60.9 cm³/mol. The van der Waals surface area contributed by atoms with E-state index in [1.165, 1.54) is 7.11 Å². The minimum Gasteiger partial charge on any atom is -0.394 e. The number of ether oxygens (including phenoxy) is 1. The summed E-state index contributed by atoms with van der Waals surface area (Å²) in [6, 6.07) is -0.331. The van der Waals surface area contributed by atoms with Crippen molar-refractivity contribution in [2.75, 3.05) is 20.3 Å². The van der Waals surface area contributed by atoms with Crippen molar-refractivity contribution in [2.24, 2.45) is 5.73 Å². The summed E-state index contributed by atoms with van der Waals surface area (Å²) in [7, 11) is 1.54. The highest BCUT2D eigenvalue weighted by atomic mass is 16.5. The Hall–Kier alpha value is -0.650. The van der Waals surface area contributed by atoms with Gasteiger partial charge in [0.05, 0.1) is 19.3 Å². The van der Waals surface area contributed by atoms with Crippen LogP contribution in [-0.2, 0) is 9.53 Å². The summed E-state index contributed by atoms with van der Waals surface area (Å²) in [5, 5.41) is 11.7. The summed E-state index contributed by atoms with van der Waals surface area (Å²) >= 11 is 0. The maximum atomic E-state index is 11.7. The molecule has 1 rings (SSSR count). The van der Waals surface area contributed by atoms with Crippen LogP contribution in [0.2, 0.25) is 0 Å². The van der Waals surface area contributed by atoms with E-state index in [1.54, 1.807) is 0 Å². The number of nitrogens with two attached hydrogens (primary N) is 1. The lowest BCUT2D eigenvalue weighted by Crippen LogP contribution is -2.46. The normalized spacial score (nSPS) is 20.7. The molecule has 1 fully saturated rings. The predicted octanol–water partition coefficient (Wildman–Crippen LogP) is -0.228. The van der Waals surface area contributed by atoms with Crippen molar-refractivity contribution in [2.45, 2.75) is 43.7 Å². The summed E-state index contributed by atoms with van der Waals surface area (Å²) in [4.78, 5) is 11.7. The summed E-state index contributed by atoms with van der Waals surface area (Å²) in [6.45, 7) is 0.205. The highest BCUT2D eigenvalue weighted by molar-refractivity contribution is 5.77. The maximum Gasteiger partial charge on any atom is 0.222 e. The van der Waals surface area contributed by atoms with E-state index in [2.05, 4.69) is 5.32 Å². The zero-order valence-electron chi connectivity index (χ0n) is 9.87. The minimum absolute atomic E-state index is 0.0968. The quantitative estimate of drug-likeness (QED) is 0.588. The average Bonchev–Trinajstić information content (AvgIpc) is 2.63.